The zero-order valence-corrected chi connectivity index (χ0v) is 11.1. The van der Waals surface area contributed by atoms with E-state index in [9.17, 15) is 5.11 Å². The van der Waals surface area contributed by atoms with Crippen molar-refractivity contribution in [3.05, 3.63) is 22.8 Å². The van der Waals surface area contributed by atoms with Gasteiger partial charge in [0.2, 0.25) is 0 Å². The average Bonchev–Trinajstić information content (AvgIpc) is 2.50. The van der Waals surface area contributed by atoms with Gasteiger partial charge in [-0.25, -0.2) is 0 Å². The number of aryl methyl sites for hydroxylation is 2. The molecule has 0 unspecified atom stereocenters. The van der Waals surface area contributed by atoms with Gasteiger partial charge in [0.05, 0.1) is 8.07 Å². The average molecular weight is 220 g/mol. The summed E-state index contributed by atoms with van der Waals surface area (Å²) < 4.78 is 0. The molecule has 0 saturated heterocycles. The molecule has 1 aromatic rings. The zero-order valence-electron chi connectivity index (χ0n) is 10.1. The summed E-state index contributed by atoms with van der Waals surface area (Å²) in [7, 11) is -1.42. The van der Waals surface area contributed by atoms with E-state index in [1.165, 1.54) is 35.6 Å². The van der Waals surface area contributed by atoms with Gasteiger partial charge < -0.3 is 5.11 Å². The fraction of sp³-hybridized carbons (Fsp3) is 0.538. The molecule has 0 saturated carbocycles. The Morgan fingerprint density at radius 1 is 1.20 bits per heavy atom. The van der Waals surface area contributed by atoms with Gasteiger partial charge in [-0.2, -0.15) is 0 Å². The van der Waals surface area contributed by atoms with E-state index in [2.05, 4.69) is 25.7 Å². The molecular weight excluding hydrogens is 200 g/mol. The molecule has 0 heterocycles. The van der Waals surface area contributed by atoms with E-state index in [1.807, 2.05) is 6.92 Å². The monoisotopic (exact) mass is 220 g/mol. The Bertz CT molecular complexity index is 402. The SMILES string of the molecule is Cc1cc2c(c([Si](C)(C)C)c1O)CCC2. The van der Waals surface area contributed by atoms with Crippen LogP contribution in [0.3, 0.4) is 0 Å². The molecule has 0 atom stereocenters. The topological polar surface area (TPSA) is 20.2 Å². The van der Waals surface area contributed by atoms with Crippen molar-refractivity contribution in [1.29, 1.82) is 0 Å². The Morgan fingerprint density at radius 2 is 1.87 bits per heavy atom. The normalized spacial score (nSPS) is 15.5. The van der Waals surface area contributed by atoms with E-state index >= 15 is 0 Å². The van der Waals surface area contributed by atoms with Crippen molar-refractivity contribution in [2.75, 3.05) is 0 Å². The zero-order chi connectivity index (χ0) is 11.2. The highest BCUT2D eigenvalue weighted by Crippen LogP contribution is 2.29. The predicted octanol–water partition coefficient (Wildman–Crippen LogP) is 2.73. The molecule has 0 amide bonds. The molecule has 1 aliphatic rings. The van der Waals surface area contributed by atoms with Crippen LogP contribution in [0.2, 0.25) is 19.6 Å². The van der Waals surface area contributed by atoms with Gasteiger partial charge in [0.1, 0.15) is 5.75 Å². The van der Waals surface area contributed by atoms with Gasteiger partial charge >= 0.3 is 0 Å². The van der Waals surface area contributed by atoms with Gasteiger partial charge in [0.25, 0.3) is 0 Å². The number of benzene rings is 1. The minimum absolute atomic E-state index is 0.579. The Balaban J connectivity index is 2.71. The van der Waals surface area contributed by atoms with E-state index in [4.69, 9.17) is 0 Å². The van der Waals surface area contributed by atoms with Crippen LogP contribution in [0.4, 0.5) is 0 Å². The Morgan fingerprint density at radius 3 is 2.47 bits per heavy atom. The molecule has 2 rings (SSSR count). The number of phenolic OH excluding ortho intramolecular Hbond substituents is 1. The second-order valence-corrected chi connectivity index (χ2v) is 10.7. The molecule has 15 heavy (non-hydrogen) atoms. The second kappa shape index (κ2) is 3.37. The maximum Gasteiger partial charge on any atom is 0.117 e. The fourth-order valence-electron chi connectivity index (χ4n) is 2.69. The third-order valence-corrected chi connectivity index (χ3v) is 5.35. The first-order valence-electron chi connectivity index (χ1n) is 5.76. The summed E-state index contributed by atoms with van der Waals surface area (Å²) in [5, 5.41) is 11.5. The van der Waals surface area contributed by atoms with Crippen molar-refractivity contribution in [1.82, 2.24) is 0 Å². The molecule has 82 valence electrons. The van der Waals surface area contributed by atoms with Crippen molar-refractivity contribution in [2.24, 2.45) is 0 Å². The number of rotatable bonds is 1. The molecule has 1 aromatic carbocycles. The molecule has 0 aliphatic heterocycles. The van der Waals surface area contributed by atoms with Gasteiger partial charge in [-0.1, -0.05) is 25.7 Å². The fourth-order valence-corrected chi connectivity index (χ4v) is 4.79. The smallest absolute Gasteiger partial charge is 0.117 e. The number of hydrogen-bond acceptors (Lipinski definition) is 1. The highest BCUT2D eigenvalue weighted by Gasteiger charge is 2.28. The lowest BCUT2D eigenvalue weighted by Crippen LogP contribution is -2.40. The highest BCUT2D eigenvalue weighted by atomic mass is 28.3. The maximum absolute atomic E-state index is 10.2. The summed E-state index contributed by atoms with van der Waals surface area (Å²) in [6.07, 6.45) is 3.63. The summed E-state index contributed by atoms with van der Waals surface area (Å²) in [6, 6.07) is 2.18. The summed E-state index contributed by atoms with van der Waals surface area (Å²) in [6.45, 7) is 8.98. The molecule has 0 radical (unpaired) electrons. The van der Waals surface area contributed by atoms with Crippen LogP contribution >= 0.6 is 0 Å². The van der Waals surface area contributed by atoms with Crippen LogP contribution < -0.4 is 5.19 Å². The third-order valence-electron chi connectivity index (χ3n) is 3.31. The minimum atomic E-state index is -1.42. The molecule has 1 N–H and O–H groups in total. The van der Waals surface area contributed by atoms with Crippen molar-refractivity contribution in [3.63, 3.8) is 0 Å². The van der Waals surface area contributed by atoms with Gasteiger partial charge in [0, 0.05) is 0 Å². The van der Waals surface area contributed by atoms with E-state index in [-0.39, 0.29) is 0 Å². The molecule has 1 aliphatic carbocycles. The Kier molecular flexibility index (Phi) is 2.42. The lowest BCUT2D eigenvalue weighted by atomic mass is 10.1. The third kappa shape index (κ3) is 1.71. The summed E-state index contributed by atoms with van der Waals surface area (Å²) in [4.78, 5) is 0. The van der Waals surface area contributed by atoms with Crippen LogP contribution in [0.1, 0.15) is 23.1 Å². The molecule has 1 nitrogen and oxygen atoms in total. The van der Waals surface area contributed by atoms with Gasteiger partial charge in [-0.05, 0) is 48.1 Å². The second-order valence-electron chi connectivity index (χ2n) is 5.66. The van der Waals surface area contributed by atoms with E-state index in [0.29, 0.717) is 5.75 Å². The predicted molar refractivity (Wildman–Crippen MR) is 67.8 cm³/mol. The molecule has 2 heteroatoms. The summed E-state index contributed by atoms with van der Waals surface area (Å²) >= 11 is 0. The van der Waals surface area contributed by atoms with Gasteiger partial charge in [-0.15, -0.1) is 0 Å². The number of fused-ring (bicyclic) bond motifs is 1. The van der Waals surface area contributed by atoms with Crippen molar-refractivity contribution >= 4 is 13.3 Å². The number of phenols is 1. The van der Waals surface area contributed by atoms with Crippen LogP contribution in [-0.2, 0) is 12.8 Å². The molecule has 0 aromatic heterocycles. The Hall–Kier alpha value is -0.763. The van der Waals surface area contributed by atoms with Gasteiger partial charge in [0.15, 0.2) is 0 Å². The van der Waals surface area contributed by atoms with E-state index in [0.717, 1.165) is 5.56 Å². The van der Waals surface area contributed by atoms with Crippen molar-refractivity contribution in [2.45, 2.75) is 45.8 Å². The molecule has 0 bridgehead atoms. The quantitative estimate of drug-likeness (QED) is 0.722. The molecule has 0 fully saturated rings. The first kappa shape index (κ1) is 10.7. The minimum Gasteiger partial charge on any atom is -0.508 e. The largest absolute Gasteiger partial charge is 0.508 e. The van der Waals surface area contributed by atoms with Crippen LogP contribution in [-0.4, -0.2) is 13.2 Å². The highest BCUT2D eigenvalue weighted by molar-refractivity contribution is 6.89. The maximum atomic E-state index is 10.2. The lowest BCUT2D eigenvalue weighted by Gasteiger charge is -2.23. The lowest BCUT2D eigenvalue weighted by molar-refractivity contribution is 0.474. The van der Waals surface area contributed by atoms with Crippen LogP contribution in [0, 0.1) is 6.92 Å². The van der Waals surface area contributed by atoms with Gasteiger partial charge in [-0.3, -0.25) is 0 Å². The van der Waals surface area contributed by atoms with E-state index in [1.54, 1.807) is 0 Å². The van der Waals surface area contributed by atoms with Crippen LogP contribution in [0.15, 0.2) is 6.07 Å². The standard InChI is InChI=1S/C13H20OSi/c1-9-8-10-6-5-7-11(10)13(12(9)14)15(2,3)4/h8,14H,5-7H2,1-4H3. The molecule has 0 spiro atoms. The summed E-state index contributed by atoms with van der Waals surface area (Å²) in [5.74, 6) is 0.579. The first-order chi connectivity index (χ1) is 6.91. The summed E-state index contributed by atoms with van der Waals surface area (Å²) in [5.41, 5.74) is 4.02. The van der Waals surface area contributed by atoms with Crippen molar-refractivity contribution in [3.8, 4) is 5.75 Å². The van der Waals surface area contributed by atoms with E-state index < -0.39 is 8.07 Å². The van der Waals surface area contributed by atoms with Crippen LogP contribution in [0.25, 0.3) is 0 Å². The van der Waals surface area contributed by atoms with Crippen LogP contribution in [0.5, 0.6) is 5.75 Å². The number of aromatic hydroxyl groups is 1. The van der Waals surface area contributed by atoms with Crippen molar-refractivity contribution < 1.29 is 5.11 Å². The number of hydrogen-bond donors (Lipinski definition) is 1. The Labute approximate surface area is 93.2 Å². The molecular formula is C13H20OSi. The first-order valence-corrected chi connectivity index (χ1v) is 9.26.